The topological polar surface area (TPSA) is 89.8 Å². The first-order valence-electron chi connectivity index (χ1n) is 14.5. The maximum absolute atomic E-state index is 12.2. The van der Waals surface area contributed by atoms with Crippen LogP contribution in [0.25, 0.3) is 0 Å². The molecule has 0 radical (unpaired) electrons. The van der Waals surface area contributed by atoms with Gasteiger partial charge < -0.3 is 20.6 Å². The first-order valence-corrected chi connectivity index (χ1v) is 14.5. The Labute approximate surface area is 210 Å². The maximum Gasteiger partial charge on any atom is 0.222 e. The number of rotatable bonds is 25. The highest BCUT2D eigenvalue weighted by atomic mass is 16.3. The van der Waals surface area contributed by atoms with Crippen molar-refractivity contribution in [3.63, 3.8) is 0 Å². The molecule has 34 heavy (non-hydrogen) atoms. The summed E-state index contributed by atoms with van der Waals surface area (Å²) in [5.74, 6) is -0.321. The summed E-state index contributed by atoms with van der Waals surface area (Å²) in [4.78, 5) is 12.2. The first kappa shape index (κ1) is 33.1. The summed E-state index contributed by atoms with van der Waals surface area (Å²) in [6.07, 6.45) is 24.7. The fourth-order valence-corrected chi connectivity index (χ4v) is 4.28. The van der Waals surface area contributed by atoms with Crippen molar-refractivity contribution in [1.29, 1.82) is 0 Å². The number of carbonyl (C=O) groups is 1. The Morgan fingerprint density at radius 1 is 0.735 bits per heavy atom. The second-order valence-electron chi connectivity index (χ2n) is 10.0. The predicted octanol–water partition coefficient (Wildman–Crippen LogP) is 6.58. The van der Waals surface area contributed by atoms with Crippen molar-refractivity contribution in [3.05, 3.63) is 12.2 Å². The van der Waals surface area contributed by atoms with Gasteiger partial charge in [-0.15, -0.1) is 0 Å². The second-order valence-corrected chi connectivity index (χ2v) is 10.0. The molecular weight excluding hydrogens is 426 g/mol. The fourth-order valence-electron chi connectivity index (χ4n) is 4.28. The van der Waals surface area contributed by atoms with E-state index in [0.717, 1.165) is 25.7 Å². The fraction of sp³-hybridized carbons (Fsp3) is 0.897. The second kappa shape index (κ2) is 25.2. The highest BCUT2D eigenvalue weighted by molar-refractivity contribution is 5.76. The third kappa shape index (κ3) is 21.6. The van der Waals surface area contributed by atoms with E-state index in [1.165, 1.54) is 89.9 Å². The zero-order chi connectivity index (χ0) is 25.3. The van der Waals surface area contributed by atoms with Crippen LogP contribution in [0, 0.1) is 0 Å². The summed E-state index contributed by atoms with van der Waals surface area (Å²) in [5.41, 5.74) is 0. The lowest BCUT2D eigenvalue weighted by atomic mass is 10.0. The van der Waals surface area contributed by atoms with Crippen LogP contribution in [0.1, 0.15) is 142 Å². The molecule has 0 bridgehead atoms. The van der Waals surface area contributed by atoms with Gasteiger partial charge in [-0.2, -0.15) is 0 Å². The van der Waals surface area contributed by atoms with Crippen molar-refractivity contribution < 1.29 is 20.1 Å². The van der Waals surface area contributed by atoms with Gasteiger partial charge in [-0.25, -0.2) is 0 Å². The molecular formula is C29H57NO4. The smallest absolute Gasteiger partial charge is 0.222 e. The summed E-state index contributed by atoms with van der Waals surface area (Å²) in [6, 6.07) is -0.734. The molecule has 5 heteroatoms. The van der Waals surface area contributed by atoms with Gasteiger partial charge in [0.05, 0.1) is 31.3 Å². The zero-order valence-electron chi connectivity index (χ0n) is 22.5. The van der Waals surface area contributed by atoms with Crippen LogP contribution in [-0.2, 0) is 4.79 Å². The van der Waals surface area contributed by atoms with Gasteiger partial charge in [0.1, 0.15) is 0 Å². The van der Waals surface area contributed by atoms with Crippen molar-refractivity contribution in [3.8, 4) is 0 Å². The van der Waals surface area contributed by atoms with Gasteiger partial charge in [-0.1, -0.05) is 129 Å². The molecule has 0 saturated heterocycles. The third-order valence-corrected chi connectivity index (χ3v) is 6.57. The van der Waals surface area contributed by atoms with Gasteiger partial charge in [0, 0.05) is 0 Å². The van der Waals surface area contributed by atoms with Gasteiger partial charge in [-0.05, 0) is 19.3 Å². The number of nitrogens with one attached hydrogen (secondary N) is 1. The summed E-state index contributed by atoms with van der Waals surface area (Å²) < 4.78 is 0. The van der Waals surface area contributed by atoms with Crippen molar-refractivity contribution in [2.45, 2.75) is 161 Å². The molecule has 0 heterocycles. The molecule has 1 amide bonds. The number of allylic oxidation sites excluding steroid dienone is 1. The van der Waals surface area contributed by atoms with Crippen LogP contribution in [0.15, 0.2) is 12.2 Å². The zero-order valence-corrected chi connectivity index (χ0v) is 22.5. The molecule has 0 aliphatic carbocycles. The van der Waals surface area contributed by atoms with Crippen LogP contribution in [0.2, 0.25) is 0 Å². The molecule has 202 valence electrons. The molecule has 0 aliphatic rings. The Morgan fingerprint density at radius 2 is 1.21 bits per heavy atom. The average molecular weight is 484 g/mol. The number of hydrogen-bond donors (Lipinski definition) is 4. The molecule has 3 unspecified atom stereocenters. The Hall–Kier alpha value is -0.910. The van der Waals surface area contributed by atoms with E-state index in [-0.39, 0.29) is 18.9 Å². The minimum Gasteiger partial charge on any atom is -0.394 e. The Morgan fingerprint density at radius 3 is 1.71 bits per heavy atom. The molecule has 0 rings (SSSR count). The molecule has 3 atom stereocenters. The van der Waals surface area contributed by atoms with Gasteiger partial charge >= 0.3 is 0 Å². The number of carbonyl (C=O) groups excluding carboxylic acids is 1. The van der Waals surface area contributed by atoms with Crippen LogP contribution < -0.4 is 5.32 Å². The van der Waals surface area contributed by atoms with E-state index >= 15 is 0 Å². The monoisotopic (exact) mass is 483 g/mol. The molecule has 0 aromatic carbocycles. The van der Waals surface area contributed by atoms with Crippen molar-refractivity contribution in [2.24, 2.45) is 0 Å². The molecule has 0 saturated carbocycles. The van der Waals surface area contributed by atoms with Crippen LogP contribution in [0.5, 0.6) is 0 Å². The van der Waals surface area contributed by atoms with Crippen LogP contribution in [-0.4, -0.2) is 46.1 Å². The molecule has 4 N–H and O–H groups in total. The van der Waals surface area contributed by atoms with Gasteiger partial charge in [-0.3, -0.25) is 4.79 Å². The highest BCUT2D eigenvalue weighted by Crippen LogP contribution is 2.13. The highest BCUT2D eigenvalue weighted by Gasteiger charge is 2.20. The average Bonchev–Trinajstić information content (AvgIpc) is 2.82. The molecule has 0 fully saturated rings. The van der Waals surface area contributed by atoms with E-state index in [1.807, 2.05) is 6.08 Å². The van der Waals surface area contributed by atoms with E-state index in [0.29, 0.717) is 6.42 Å². The number of aliphatic hydroxyl groups excluding tert-OH is 3. The molecule has 0 aromatic heterocycles. The minimum absolute atomic E-state index is 0.0163. The van der Waals surface area contributed by atoms with Crippen molar-refractivity contribution >= 4 is 5.91 Å². The molecule has 0 aromatic rings. The quantitative estimate of drug-likeness (QED) is 0.0871. The van der Waals surface area contributed by atoms with Crippen LogP contribution in [0.4, 0.5) is 0 Å². The van der Waals surface area contributed by atoms with Gasteiger partial charge in [0.15, 0.2) is 0 Å². The summed E-state index contributed by atoms with van der Waals surface area (Å²) in [5, 5.41) is 32.7. The number of unbranched alkanes of at least 4 members (excludes halogenated alkanes) is 16. The van der Waals surface area contributed by atoms with E-state index in [9.17, 15) is 20.1 Å². The summed E-state index contributed by atoms with van der Waals surface area (Å²) in [6.45, 7) is 4.13. The summed E-state index contributed by atoms with van der Waals surface area (Å²) in [7, 11) is 0. The molecule has 0 aliphatic heterocycles. The Bertz CT molecular complexity index is 469. The lowest BCUT2D eigenvalue weighted by Crippen LogP contribution is -2.45. The predicted molar refractivity (Wildman–Crippen MR) is 144 cm³/mol. The lowest BCUT2D eigenvalue weighted by Gasteiger charge is -2.21. The molecule has 5 nitrogen and oxygen atoms in total. The van der Waals surface area contributed by atoms with E-state index in [2.05, 4.69) is 19.2 Å². The van der Waals surface area contributed by atoms with Crippen molar-refractivity contribution in [1.82, 2.24) is 5.32 Å². The van der Waals surface area contributed by atoms with E-state index in [1.54, 1.807) is 6.08 Å². The largest absolute Gasteiger partial charge is 0.394 e. The van der Waals surface area contributed by atoms with E-state index in [4.69, 9.17) is 0 Å². The number of amides is 1. The maximum atomic E-state index is 12.2. The number of hydrogen-bond acceptors (Lipinski definition) is 4. The SMILES string of the molecule is CCCCCCCCC/C=C/C(O)C(CO)NC(=O)CC(O)CCCCCCCCCCCC. The number of aliphatic hydroxyl groups is 3. The minimum atomic E-state index is -0.919. The van der Waals surface area contributed by atoms with Gasteiger partial charge in [0.25, 0.3) is 0 Å². The standard InChI is InChI=1S/C29H57NO4/c1-3-5-7-9-11-13-15-16-18-20-22-26(32)24-29(34)30-27(25-31)28(33)23-21-19-17-14-12-10-8-6-4-2/h21,23,26-28,31-33H,3-20,22,24-25H2,1-2H3,(H,30,34)/b23-21+. The van der Waals surface area contributed by atoms with Crippen molar-refractivity contribution in [2.75, 3.05) is 6.61 Å². The molecule has 0 spiro atoms. The lowest BCUT2D eigenvalue weighted by molar-refractivity contribution is -0.124. The third-order valence-electron chi connectivity index (χ3n) is 6.57. The Kier molecular flexibility index (Phi) is 24.5. The van der Waals surface area contributed by atoms with Crippen LogP contribution in [0.3, 0.4) is 0 Å². The van der Waals surface area contributed by atoms with E-state index < -0.39 is 18.2 Å². The summed E-state index contributed by atoms with van der Waals surface area (Å²) >= 11 is 0. The van der Waals surface area contributed by atoms with Gasteiger partial charge in [0.2, 0.25) is 5.91 Å². The van der Waals surface area contributed by atoms with Crippen LogP contribution >= 0.6 is 0 Å². The first-order chi connectivity index (χ1) is 16.5. The Balaban J connectivity index is 3.84. The normalized spacial score (nSPS) is 14.4.